The molecule has 1 N–H and O–H groups in total. The average molecular weight is 160 g/mol. The number of benzene rings is 1. The quantitative estimate of drug-likeness (QED) is 0.524. The van der Waals surface area contributed by atoms with Crippen LogP contribution in [-0.4, -0.2) is 11.1 Å². The van der Waals surface area contributed by atoms with Gasteiger partial charge in [-0.05, 0) is 18.6 Å². The van der Waals surface area contributed by atoms with Gasteiger partial charge in [-0.25, -0.2) is 4.79 Å². The van der Waals surface area contributed by atoms with Crippen LogP contribution in [0.3, 0.4) is 0 Å². The maximum absolute atomic E-state index is 10.4. The zero-order valence-corrected chi connectivity index (χ0v) is 8.66. The Morgan fingerprint density at radius 3 is 2.36 bits per heavy atom. The number of hydrogen-bond donors (Lipinski definition) is 1. The van der Waals surface area contributed by atoms with Gasteiger partial charge in [-0.1, -0.05) is 18.2 Å². The van der Waals surface area contributed by atoms with Gasteiger partial charge in [-0.3, -0.25) is 0 Å². The molecule has 0 aliphatic carbocycles. The van der Waals surface area contributed by atoms with Gasteiger partial charge in [0.15, 0.2) is 0 Å². The van der Waals surface area contributed by atoms with E-state index in [-0.39, 0.29) is 31.0 Å². The van der Waals surface area contributed by atoms with E-state index in [9.17, 15) is 4.79 Å². The second-order valence-corrected chi connectivity index (χ2v) is 2.12. The molecule has 54 valence electrons. The van der Waals surface area contributed by atoms with E-state index in [1.165, 1.54) is 0 Å². The molecule has 0 aliphatic rings. The van der Waals surface area contributed by atoms with Gasteiger partial charge >= 0.3 is 35.5 Å². The Morgan fingerprint density at radius 1 is 1.45 bits per heavy atom. The molecule has 0 aromatic heterocycles. The molecule has 11 heavy (non-hydrogen) atoms. The van der Waals surface area contributed by atoms with Gasteiger partial charge in [-0.2, -0.15) is 0 Å². The Balaban J connectivity index is 0. The van der Waals surface area contributed by atoms with E-state index >= 15 is 0 Å². The van der Waals surface area contributed by atoms with Gasteiger partial charge in [0.05, 0.1) is 5.56 Å². The van der Waals surface area contributed by atoms with Gasteiger partial charge in [0.1, 0.15) is 0 Å². The smallest absolute Gasteiger partial charge is 1.00 e. The maximum Gasteiger partial charge on any atom is 1.00 e. The molecule has 1 rings (SSSR count). The Hall–Kier alpha value is -0.310. The van der Waals surface area contributed by atoms with E-state index in [0.717, 1.165) is 5.56 Å². The standard InChI is InChI=1S/C8H8O2.Na.H/c1-6-4-2-3-5-7(6)8(9)10;;/h2-5H,1H3,(H,9,10);;/q;+1;-1. The van der Waals surface area contributed by atoms with Gasteiger partial charge in [0.25, 0.3) is 0 Å². The molecule has 0 amide bonds. The van der Waals surface area contributed by atoms with Crippen molar-refractivity contribution < 1.29 is 40.9 Å². The Morgan fingerprint density at radius 2 is 2.00 bits per heavy atom. The first-order valence-electron chi connectivity index (χ1n) is 3.01. The normalized spacial score (nSPS) is 8.45. The third-order valence-electron chi connectivity index (χ3n) is 1.38. The number of rotatable bonds is 1. The summed E-state index contributed by atoms with van der Waals surface area (Å²) in [6.07, 6.45) is 0. The fraction of sp³-hybridized carbons (Fsp3) is 0.125. The molecule has 0 heterocycles. The molecule has 0 bridgehead atoms. The van der Waals surface area contributed by atoms with E-state index in [4.69, 9.17) is 5.11 Å². The van der Waals surface area contributed by atoms with Crippen LogP contribution in [0.1, 0.15) is 17.3 Å². The van der Waals surface area contributed by atoms with Crippen LogP contribution in [0.4, 0.5) is 0 Å². The summed E-state index contributed by atoms with van der Waals surface area (Å²) in [6, 6.07) is 6.92. The summed E-state index contributed by atoms with van der Waals surface area (Å²) in [5.41, 5.74) is 1.18. The average Bonchev–Trinajstić information content (AvgIpc) is 1.88. The Kier molecular flexibility index (Phi) is 4.42. The van der Waals surface area contributed by atoms with Gasteiger partial charge in [0, 0.05) is 0 Å². The van der Waals surface area contributed by atoms with Crippen LogP contribution < -0.4 is 29.6 Å². The molecule has 0 atom stereocenters. The van der Waals surface area contributed by atoms with Crippen molar-refractivity contribution in [1.29, 1.82) is 0 Å². The third-order valence-corrected chi connectivity index (χ3v) is 1.38. The van der Waals surface area contributed by atoms with E-state index in [0.29, 0.717) is 5.56 Å². The van der Waals surface area contributed by atoms with Crippen molar-refractivity contribution in [2.75, 3.05) is 0 Å². The molecular weight excluding hydrogens is 151 g/mol. The first-order valence-corrected chi connectivity index (χ1v) is 3.01. The predicted molar refractivity (Wildman–Crippen MR) is 39.3 cm³/mol. The monoisotopic (exact) mass is 160 g/mol. The topological polar surface area (TPSA) is 37.3 Å². The van der Waals surface area contributed by atoms with Crippen LogP contribution in [-0.2, 0) is 0 Å². The molecule has 0 aliphatic heterocycles. The summed E-state index contributed by atoms with van der Waals surface area (Å²) < 4.78 is 0. The number of aryl methyl sites for hydroxylation is 1. The van der Waals surface area contributed by atoms with Crippen LogP contribution in [0.2, 0.25) is 0 Å². The van der Waals surface area contributed by atoms with E-state index in [1.807, 2.05) is 6.07 Å². The van der Waals surface area contributed by atoms with Crippen molar-refractivity contribution in [2.45, 2.75) is 6.92 Å². The summed E-state index contributed by atoms with van der Waals surface area (Å²) in [5, 5.41) is 8.57. The number of aromatic carboxylic acids is 1. The third kappa shape index (κ3) is 2.66. The number of carbonyl (C=O) groups is 1. The molecule has 0 radical (unpaired) electrons. The Labute approximate surface area is 89.0 Å². The van der Waals surface area contributed by atoms with Crippen LogP contribution in [0.25, 0.3) is 0 Å². The molecule has 0 unspecified atom stereocenters. The SMILES string of the molecule is Cc1ccccc1C(=O)O.[H-].[Na+]. The van der Waals surface area contributed by atoms with Crippen molar-refractivity contribution in [3.63, 3.8) is 0 Å². The maximum atomic E-state index is 10.4. The molecule has 0 saturated heterocycles. The molecular formula is C8H9NaO2. The second kappa shape index (κ2) is 4.54. The Bertz CT molecular complexity index is 263. The number of hydrogen-bond acceptors (Lipinski definition) is 1. The van der Waals surface area contributed by atoms with Crippen molar-refractivity contribution >= 4 is 5.97 Å². The summed E-state index contributed by atoms with van der Waals surface area (Å²) in [6.45, 7) is 1.78. The number of carboxylic acids is 1. The van der Waals surface area contributed by atoms with Crippen molar-refractivity contribution in [1.82, 2.24) is 0 Å². The zero-order valence-electron chi connectivity index (χ0n) is 7.66. The molecule has 1 aromatic carbocycles. The minimum Gasteiger partial charge on any atom is -1.00 e. The second-order valence-electron chi connectivity index (χ2n) is 2.12. The van der Waals surface area contributed by atoms with Crippen LogP contribution in [0.15, 0.2) is 24.3 Å². The van der Waals surface area contributed by atoms with Crippen LogP contribution in [0.5, 0.6) is 0 Å². The van der Waals surface area contributed by atoms with E-state index < -0.39 is 5.97 Å². The summed E-state index contributed by atoms with van der Waals surface area (Å²) in [4.78, 5) is 10.4. The van der Waals surface area contributed by atoms with Crippen LogP contribution >= 0.6 is 0 Å². The van der Waals surface area contributed by atoms with Gasteiger partial charge in [0.2, 0.25) is 0 Å². The molecule has 3 heteroatoms. The molecule has 1 aromatic rings. The van der Waals surface area contributed by atoms with Crippen molar-refractivity contribution in [2.24, 2.45) is 0 Å². The fourth-order valence-electron chi connectivity index (χ4n) is 0.813. The summed E-state index contributed by atoms with van der Waals surface area (Å²) in [7, 11) is 0. The largest absolute Gasteiger partial charge is 1.00 e. The minimum atomic E-state index is -0.863. The van der Waals surface area contributed by atoms with Crippen molar-refractivity contribution in [3.8, 4) is 0 Å². The number of carboxylic acid groups (broad SMARTS) is 1. The zero-order chi connectivity index (χ0) is 7.56. The fourth-order valence-corrected chi connectivity index (χ4v) is 0.813. The van der Waals surface area contributed by atoms with E-state index in [1.54, 1.807) is 25.1 Å². The predicted octanol–water partition coefficient (Wildman–Crippen LogP) is -1.19. The van der Waals surface area contributed by atoms with Gasteiger partial charge < -0.3 is 6.53 Å². The first kappa shape index (κ1) is 10.7. The molecule has 0 saturated carbocycles. The summed E-state index contributed by atoms with van der Waals surface area (Å²) >= 11 is 0. The van der Waals surface area contributed by atoms with Gasteiger partial charge in [-0.15, -0.1) is 0 Å². The molecule has 2 nitrogen and oxygen atoms in total. The minimum absolute atomic E-state index is 0. The molecule has 0 spiro atoms. The van der Waals surface area contributed by atoms with Crippen LogP contribution in [0, 0.1) is 6.92 Å². The van der Waals surface area contributed by atoms with E-state index in [2.05, 4.69) is 0 Å². The van der Waals surface area contributed by atoms with Crippen molar-refractivity contribution in [3.05, 3.63) is 35.4 Å². The first-order chi connectivity index (χ1) is 4.72. The summed E-state index contributed by atoms with van der Waals surface area (Å²) in [5.74, 6) is -0.863. The molecule has 0 fully saturated rings.